The van der Waals surface area contributed by atoms with Gasteiger partial charge in [0.1, 0.15) is 18.0 Å². The molecule has 4 atom stereocenters. The molecule has 1 saturated heterocycles. The van der Waals surface area contributed by atoms with Gasteiger partial charge in [-0.15, -0.1) is 11.8 Å². The van der Waals surface area contributed by atoms with Crippen LogP contribution in [0.25, 0.3) is 0 Å². The van der Waals surface area contributed by atoms with E-state index < -0.39 is 23.7 Å². The standard InChI is InChI=1S/C11H15NO4S/c1-6-2-7(4-12-3-6)16-11-10(15)9(14)8(13)5-17-11/h2-4,8-11,13-15H,5H2,1H3/t8-,9+,10-,11+/m1/s1. The summed E-state index contributed by atoms with van der Waals surface area (Å²) in [7, 11) is 0. The first-order chi connectivity index (χ1) is 8.08. The number of aliphatic hydroxyl groups is 3. The van der Waals surface area contributed by atoms with Gasteiger partial charge in [0.2, 0.25) is 0 Å². The molecule has 0 spiro atoms. The van der Waals surface area contributed by atoms with Crippen LogP contribution in [0.4, 0.5) is 0 Å². The third-order valence-corrected chi connectivity index (χ3v) is 3.79. The minimum Gasteiger partial charge on any atom is -0.475 e. The van der Waals surface area contributed by atoms with E-state index in [9.17, 15) is 15.3 Å². The maximum absolute atomic E-state index is 9.76. The molecule has 17 heavy (non-hydrogen) atoms. The third-order valence-electron chi connectivity index (χ3n) is 2.56. The number of aryl methyl sites for hydroxylation is 1. The number of thioether (sulfide) groups is 1. The van der Waals surface area contributed by atoms with Gasteiger partial charge in [-0.3, -0.25) is 4.98 Å². The van der Waals surface area contributed by atoms with E-state index in [2.05, 4.69) is 4.98 Å². The van der Waals surface area contributed by atoms with Gasteiger partial charge in [0.05, 0.1) is 12.3 Å². The third kappa shape index (κ3) is 2.90. The van der Waals surface area contributed by atoms with E-state index in [-0.39, 0.29) is 0 Å². The van der Waals surface area contributed by atoms with E-state index in [1.54, 1.807) is 18.5 Å². The fraction of sp³-hybridized carbons (Fsp3) is 0.545. The second-order valence-corrected chi connectivity index (χ2v) is 5.20. The summed E-state index contributed by atoms with van der Waals surface area (Å²) in [5.41, 5.74) is 0.371. The normalized spacial score (nSPS) is 33.4. The molecular formula is C11H15NO4S. The summed E-state index contributed by atoms with van der Waals surface area (Å²) in [6, 6.07) is 1.80. The average Bonchev–Trinajstić information content (AvgIpc) is 2.30. The molecule has 0 aliphatic carbocycles. The molecule has 5 nitrogen and oxygen atoms in total. The Balaban J connectivity index is 2.04. The number of aliphatic hydroxyl groups excluding tert-OH is 3. The molecule has 0 saturated carbocycles. The van der Waals surface area contributed by atoms with Crippen molar-refractivity contribution in [3.05, 3.63) is 24.0 Å². The van der Waals surface area contributed by atoms with Crippen LogP contribution in [0.5, 0.6) is 5.75 Å². The molecule has 1 fully saturated rings. The molecule has 3 N–H and O–H groups in total. The van der Waals surface area contributed by atoms with Crippen molar-refractivity contribution in [1.29, 1.82) is 0 Å². The van der Waals surface area contributed by atoms with Gasteiger partial charge < -0.3 is 20.1 Å². The predicted octanol–water partition coefficient (Wildman–Crippen LogP) is -0.0756. The maximum atomic E-state index is 9.76. The molecular weight excluding hydrogens is 242 g/mol. The van der Waals surface area contributed by atoms with Crippen molar-refractivity contribution >= 4 is 11.8 Å². The van der Waals surface area contributed by atoms with E-state index in [0.717, 1.165) is 5.56 Å². The van der Waals surface area contributed by atoms with Gasteiger partial charge in [-0.2, -0.15) is 0 Å². The summed E-state index contributed by atoms with van der Waals surface area (Å²) in [5.74, 6) is 0.882. The zero-order valence-electron chi connectivity index (χ0n) is 9.35. The Kier molecular flexibility index (Phi) is 3.88. The number of hydrogen-bond acceptors (Lipinski definition) is 6. The van der Waals surface area contributed by atoms with E-state index in [0.29, 0.717) is 11.5 Å². The molecule has 1 aliphatic heterocycles. The molecule has 0 amide bonds. The van der Waals surface area contributed by atoms with Gasteiger partial charge in [-0.25, -0.2) is 0 Å². The summed E-state index contributed by atoms with van der Waals surface area (Å²) in [5, 5.41) is 28.7. The van der Waals surface area contributed by atoms with Gasteiger partial charge in [0.15, 0.2) is 5.44 Å². The Morgan fingerprint density at radius 2 is 2.06 bits per heavy atom. The van der Waals surface area contributed by atoms with Crippen LogP contribution in [-0.2, 0) is 0 Å². The van der Waals surface area contributed by atoms with E-state index in [4.69, 9.17) is 4.74 Å². The van der Waals surface area contributed by atoms with Crippen molar-refractivity contribution in [2.75, 3.05) is 5.75 Å². The molecule has 1 aromatic heterocycles. The van der Waals surface area contributed by atoms with Crippen LogP contribution in [0, 0.1) is 6.92 Å². The van der Waals surface area contributed by atoms with Gasteiger partial charge in [0.25, 0.3) is 0 Å². The second-order valence-electron chi connectivity index (χ2n) is 4.07. The number of nitrogens with zero attached hydrogens (tertiary/aromatic N) is 1. The Hall–Kier alpha value is -0.820. The molecule has 2 rings (SSSR count). The van der Waals surface area contributed by atoms with Crippen molar-refractivity contribution in [2.24, 2.45) is 0 Å². The highest BCUT2D eigenvalue weighted by Gasteiger charge is 2.38. The summed E-state index contributed by atoms with van der Waals surface area (Å²) in [6.45, 7) is 1.89. The fourth-order valence-electron chi connectivity index (χ4n) is 1.61. The lowest BCUT2D eigenvalue weighted by atomic mass is 10.1. The van der Waals surface area contributed by atoms with Crippen LogP contribution in [0.3, 0.4) is 0 Å². The zero-order valence-corrected chi connectivity index (χ0v) is 10.2. The first-order valence-electron chi connectivity index (χ1n) is 5.32. The quantitative estimate of drug-likeness (QED) is 0.687. The lowest BCUT2D eigenvalue weighted by molar-refractivity contribution is -0.0786. The van der Waals surface area contributed by atoms with Crippen LogP contribution in [0.2, 0.25) is 0 Å². The number of aromatic nitrogens is 1. The molecule has 94 valence electrons. The Morgan fingerprint density at radius 1 is 1.29 bits per heavy atom. The molecule has 0 aromatic carbocycles. The number of rotatable bonds is 2. The SMILES string of the molecule is Cc1cncc(O[C@H]2SC[C@@H](O)[C@H](O)[C@H]2O)c1. The fourth-order valence-corrected chi connectivity index (χ4v) is 2.73. The van der Waals surface area contributed by atoms with Crippen molar-refractivity contribution in [1.82, 2.24) is 4.98 Å². The van der Waals surface area contributed by atoms with E-state index >= 15 is 0 Å². The highest BCUT2D eigenvalue weighted by atomic mass is 32.2. The van der Waals surface area contributed by atoms with Crippen molar-refractivity contribution < 1.29 is 20.1 Å². The smallest absolute Gasteiger partial charge is 0.173 e. The molecule has 0 bridgehead atoms. The summed E-state index contributed by atoms with van der Waals surface area (Å²) >= 11 is 1.27. The van der Waals surface area contributed by atoms with Crippen molar-refractivity contribution in [3.63, 3.8) is 0 Å². The van der Waals surface area contributed by atoms with Crippen LogP contribution >= 0.6 is 11.8 Å². The summed E-state index contributed by atoms with van der Waals surface area (Å²) in [4.78, 5) is 3.98. The largest absolute Gasteiger partial charge is 0.475 e. The zero-order chi connectivity index (χ0) is 12.4. The maximum Gasteiger partial charge on any atom is 0.173 e. The summed E-state index contributed by atoms with van der Waals surface area (Å²) in [6.07, 6.45) is 0.0712. The lowest BCUT2D eigenvalue weighted by Crippen LogP contribution is -2.50. The van der Waals surface area contributed by atoms with E-state index in [1.807, 2.05) is 6.92 Å². The van der Waals surface area contributed by atoms with Gasteiger partial charge >= 0.3 is 0 Å². The van der Waals surface area contributed by atoms with Crippen LogP contribution in [-0.4, -0.2) is 49.8 Å². The highest BCUT2D eigenvalue weighted by molar-refractivity contribution is 7.99. The molecule has 0 radical (unpaired) electrons. The number of pyridine rings is 1. The van der Waals surface area contributed by atoms with Crippen LogP contribution in [0.1, 0.15) is 5.56 Å². The molecule has 6 heteroatoms. The van der Waals surface area contributed by atoms with Crippen molar-refractivity contribution in [2.45, 2.75) is 30.7 Å². The molecule has 2 heterocycles. The number of hydrogen-bond donors (Lipinski definition) is 3. The lowest BCUT2D eigenvalue weighted by Gasteiger charge is -2.34. The minimum absolute atomic E-state index is 0.335. The van der Waals surface area contributed by atoms with Crippen LogP contribution < -0.4 is 4.74 Å². The topological polar surface area (TPSA) is 82.8 Å². The average molecular weight is 257 g/mol. The Bertz CT molecular complexity index is 389. The van der Waals surface area contributed by atoms with Gasteiger partial charge in [0, 0.05) is 11.9 Å². The molecule has 1 aromatic rings. The predicted molar refractivity (Wildman–Crippen MR) is 63.9 cm³/mol. The van der Waals surface area contributed by atoms with Crippen LogP contribution in [0.15, 0.2) is 18.5 Å². The molecule has 0 unspecified atom stereocenters. The monoisotopic (exact) mass is 257 g/mol. The summed E-state index contributed by atoms with van der Waals surface area (Å²) < 4.78 is 5.55. The highest BCUT2D eigenvalue weighted by Crippen LogP contribution is 2.28. The Labute approximate surface area is 103 Å². The van der Waals surface area contributed by atoms with E-state index in [1.165, 1.54) is 11.8 Å². The first-order valence-corrected chi connectivity index (χ1v) is 6.37. The number of ether oxygens (including phenoxy) is 1. The van der Waals surface area contributed by atoms with Gasteiger partial charge in [-0.1, -0.05) is 0 Å². The minimum atomic E-state index is -1.17. The molecule has 1 aliphatic rings. The van der Waals surface area contributed by atoms with Crippen molar-refractivity contribution in [3.8, 4) is 5.75 Å². The second kappa shape index (κ2) is 5.22. The van der Waals surface area contributed by atoms with Gasteiger partial charge in [-0.05, 0) is 18.6 Å². The Morgan fingerprint density at radius 3 is 2.76 bits per heavy atom. The first kappa shape index (κ1) is 12.6.